The summed E-state index contributed by atoms with van der Waals surface area (Å²) in [5, 5.41) is 16.7. The molecule has 0 bridgehead atoms. The zero-order valence-corrected chi connectivity index (χ0v) is 63.9. The monoisotopic (exact) mass is 1370 g/mol. The Kier molecular flexibility index (Phi) is 25.5. The summed E-state index contributed by atoms with van der Waals surface area (Å²) in [5.74, 6) is 3.81. The van der Waals surface area contributed by atoms with E-state index < -0.39 is 16.6 Å². The van der Waals surface area contributed by atoms with Gasteiger partial charge in [0.05, 0.1) is 53.5 Å². The molecule has 0 amide bonds. The average molecular weight is 1370 g/mol. The van der Waals surface area contributed by atoms with Crippen molar-refractivity contribution in [2.45, 2.75) is 193 Å². The van der Waals surface area contributed by atoms with Gasteiger partial charge in [-0.1, -0.05) is 191 Å². The SMILES string of the molecule is C1=COCCC1.COc1cc2c(cc1OC)[C@H]1C[C@@H](O)[C@H](CC(C)(C)CCO[Si](c3ccccc3)(c3ccccc3)C(C)(C)C)CN1CC2.COc1cc2c(cc1OC)[C@H]1C[C@@H](OC3CCCCO3)[C@H](CC(C)(C)CCO[Si](c3ccccc3)(c3ccccc3)C(C)(C)C)CN1CC2.[H+]. The summed E-state index contributed by atoms with van der Waals surface area (Å²) < 4.78 is 55.2. The molecule has 98 heavy (non-hydrogen) atoms. The molecule has 3 saturated heterocycles. The Hall–Kier alpha value is -5.79. The molecule has 6 heterocycles. The third kappa shape index (κ3) is 17.6. The summed E-state index contributed by atoms with van der Waals surface area (Å²) >= 11 is 0. The summed E-state index contributed by atoms with van der Waals surface area (Å²) in [6.45, 7) is 30.8. The fourth-order valence-electron chi connectivity index (χ4n) is 17.0. The van der Waals surface area contributed by atoms with Crippen LogP contribution in [0.3, 0.4) is 0 Å². The van der Waals surface area contributed by atoms with Crippen LogP contribution in [0.15, 0.2) is 158 Å². The van der Waals surface area contributed by atoms with Gasteiger partial charge in [0.1, 0.15) is 0 Å². The second-order valence-electron chi connectivity index (χ2n) is 32.0. The number of ether oxygens (including phenoxy) is 7. The van der Waals surface area contributed by atoms with E-state index in [9.17, 15) is 5.11 Å². The smallest absolute Gasteiger partial charge is 0.502 e. The van der Waals surface area contributed by atoms with Crippen LogP contribution in [0.5, 0.6) is 23.0 Å². The van der Waals surface area contributed by atoms with Gasteiger partial charge in [-0.2, -0.15) is 0 Å². The quantitative estimate of drug-likeness (QED) is 0.0654. The van der Waals surface area contributed by atoms with E-state index in [1.54, 1.807) is 34.7 Å². The maximum Gasteiger partial charge on any atom is 1.00 e. The van der Waals surface area contributed by atoms with Crippen LogP contribution in [0.25, 0.3) is 0 Å². The largest absolute Gasteiger partial charge is 1.00 e. The normalized spacial score (nSPS) is 22.2. The molecule has 532 valence electrons. The Labute approximate surface area is 592 Å². The molecule has 7 atom stereocenters. The minimum atomic E-state index is -2.58. The van der Waals surface area contributed by atoms with E-state index in [0.717, 1.165) is 133 Å². The van der Waals surface area contributed by atoms with Crippen molar-refractivity contribution in [2.24, 2.45) is 22.7 Å². The number of aliphatic hydroxyl groups is 1. The van der Waals surface area contributed by atoms with Gasteiger partial charge in [0.2, 0.25) is 0 Å². The number of rotatable bonds is 22. The van der Waals surface area contributed by atoms with Gasteiger partial charge in [-0.3, -0.25) is 9.80 Å². The number of fused-ring (bicyclic) bond motifs is 6. The van der Waals surface area contributed by atoms with Crippen LogP contribution in [0.4, 0.5) is 0 Å². The highest BCUT2D eigenvalue weighted by atomic mass is 28.4. The van der Waals surface area contributed by atoms with Crippen LogP contribution in [0, 0.1) is 22.7 Å². The summed E-state index contributed by atoms with van der Waals surface area (Å²) in [6.07, 6.45) is 16.9. The van der Waals surface area contributed by atoms with E-state index in [0.29, 0.717) is 18.6 Å². The highest BCUT2D eigenvalue weighted by molar-refractivity contribution is 7.00. The molecule has 14 heteroatoms. The lowest BCUT2D eigenvalue weighted by Gasteiger charge is -2.49. The first-order chi connectivity index (χ1) is 47.0. The van der Waals surface area contributed by atoms with Gasteiger partial charge >= 0.3 is 1.43 Å². The fourth-order valence-corrected chi connectivity index (χ4v) is 26.1. The van der Waals surface area contributed by atoms with Crippen molar-refractivity contribution in [2.75, 3.05) is 81.0 Å². The Balaban J connectivity index is 0.000000212. The zero-order chi connectivity index (χ0) is 69.7. The molecule has 1 N–H and O–H groups in total. The number of allylic oxidation sites excluding steroid dienone is 1. The van der Waals surface area contributed by atoms with Crippen molar-refractivity contribution >= 4 is 37.4 Å². The van der Waals surface area contributed by atoms with Crippen molar-refractivity contribution in [1.29, 1.82) is 0 Å². The number of hydrogen-bond donors (Lipinski definition) is 1. The van der Waals surface area contributed by atoms with Crippen molar-refractivity contribution in [3.8, 4) is 23.0 Å². The third-order valence-corrected chi connectivity index (χ3v) is 32.2. The number of piperidine rings is 2. The third-order valence-electron chi connectivity index (χ3n) is 22.1. The lowest BCUT2D eigenvalue weighted by molar-refractivity contribution is -0.214. The molecule has 6 aliphatic rings. The predicted molar refractivity (Wildman–Crippen MR) is 404 cm³/mol. The van der Waals surface area contributed by atoms with Crippen LogP contribution in [0.1, 0.15) is 176 Å². The standard InChI is InChI=1S/C42H59NO5Si.C37H51NO4Si.C5H8O/c1-41(2,3)49(33-16-10-8-11-17-33,34-18-12-9-13-19-34)47-25-22-42(4,5)29-32-30-43-23-21-31-26-38(44-6)39(45-7)27-35(31)36(43)28-37(32)48-40-20-14-15-24-46-40;1-36(2,3)43(29-14-10-8-11-15-29,30-16-12-9-13-17-30)42-21-19-37(4,5)25-28-26-38-20-18-27-22-34(40-6)35(41-7)23-31(27)32(38)24-33(28)39;1-2-4-6-5-3-1/h8-13,16-19,26-27,32,36-37,40H,14-15,20-25,28-30H2,1-7H3;8-17,22-23,28,32-33,39H,18-21,24-26H2,1-7H3;2,4H,1,3,5H2/p+1/t32-,36-,37-,40?;28-,32-,33-;/m11./s1. The van der Waals surface area contributed by atoms with Gasteiger partial charge in [0, 0.05) is 58.1 Å². The average Bonchev–Trinajstić information content (AvgIpc) is 0.781. The highest BCUT2D eigenvalue weighted by Gasteiger charge is 2.52. The maximum atomic E-state index is 11.5. The Morgan fingerprint density at radius 3 is 1.30 bits per heavy atom. The van der Waals surface area contributed by atoms with Crippen molar-refractivity contribution in [3.63, 3.8) is 0 Å². The zero-order valence-electron chi connectivity index (χ0n) is 62.9. The first-order valence-corrected chi connectivity index (χ1v) is 40.5. The first-order valence-electron chi connectivity index (χ1n) is 36.7. The summed E-state index contributed by atoms with van der Waals surface area (Å²) in [5.41, 5.74) is 5.42. The van der Waals surface area contributed by atoms with E-state index in [4.69, 9.17) is 42.0 Å². The maximum absolute atomic E-state index is 11.5. The van der Waals surface area contributed by atoms with Gasteiger partial charge < -0.3 is 47.1 Å². The predicted octanol–water partition coefficient (Wildman–Crippen LogP) is 15.7. The van der Waals surface area contributed by atoms with E-state index in [1.807, 2.05) is 6.08 Å². The molecule has 0 radical (unpaired) electrons. The van der Waals surface area contributed by atoms with Crippen LogP contribution in [-0.2, 0) is 35.9 Å². The van der Waals surface area contributed by atoms with Gasteiger partial charge in [0.25, 0.3) is 16.6 Å². The van der Waals surface area contributed by atoms with E-state index >= 15 is 0 Å². The number of benzene rings is 6. The van der Waals surface area contributed by atoms with Gasteiger partial charge in [-0.25, -0.2) is 0 Å². The summed E-state index contributed by atoms with van der Waals surface area (Å²) in [7, 11) is 1.68. The molecule has 12 nitrogen and oxygen atoms in total. The molecule has 3 fully saturated rings. The molecular formula is C84H119N2O10Si2+. The van der Waals surface area contributed by atoms with Crippen molar-refractivity contribution in [3.05, 3.63) is 180 Å². The molecule has 0 spiro atoms. The second-order valence-corrected chi connectivity index (χ2v) is 40.6. The van der Waals surface area contributed by atoms with Crippen LogP contribution in [-0.4, -0.2) is 131 Å². The van der Waals surface area contributed by atoms with Crippen molar-refractivity contribution < 1.29 is 48.5 Å². The van der Waals surface area contributed by atoms with Crippen LogP contribution in [0.2, 0.25) is 10.1 Å². The van der Waals surface area contributed by atoms with Gasteiger partial charge in [0.15, 0.2) is 29.3 Å². The number of nitrogens with zero attached hydrogens (tertiary/aromatic N) is 2. The Morgan fingerprint density at radius 1 is 0.510 bits per heavy atom. The Morgan fingerprint density at radius 2 is 0.929 bits per heavy atom. The highest BCUT2D eigenvalue weighted by Crippen LogP contribution is 2.49. The molecule has 0 aromatic heterocycles. The van der Waals surface area contributed by atoms with Crippen LogP contribution >= 0.6 is 0 Å². The lowest BCUT2D eigenvalue weighted by Crippen LogP contribution is -2.66. The number of aliphatic hydroxyl groups excluding tert-OH is 1. The van der Waals surface area contributed by atoms with E-state index in [2.05, 4.69) is 225 Å². The summed E-state index contributed by atoms with van der Waals surface area (Å²) in [6, 6.07) is 53.0. The molecule has 12 rings (SSSR count). The second kappa shape index (κ2) is 33.3. The topological polar surface area (TPSA) is 110 Å². The van der Waals surface area contributed by atoms with E-state index in [-0.39, 0.29) is 52.8 Å². The van der Waals surface area contributed by atoms with Crippen molar-refractivity contribution in [1.82, 2.24) is 9.80 Å². The number of methoxy groups -OCH3 is 4. The fraction of sp³-hybridized carbons (Fsp3) is 0.548. The number of hydrogen-bond acceptors (Lipinski definition) is 12. The molecule has 0 saturated carbocycles. The minimum Gasteiger partial charge on any atom is -0.502 e. The molecular weight excluding hydrogens is 1250 g/mol. The molecule has 6 aromatic carbocycles. The van der Waals surface area contributed by atoms with Gasteiger partial charge in [-0.05, 0) is 190 Å². The van der Waals surface area contributed by atoms with Gasteiger partial charge in [-0.15, -0.1) is 0 Å². The lowest BCUT2D eigenvalue weighted by atomic mass is 9.73. The molecule has 0 aliphatic carbocycles. The van der Waals surface area contributed by atoms with Crippen LogP contribution < -0.4 is 39.7 Å². The Bertz CT molecular complexity index is 3380. The minimum absolute atomic E-state index is 0. The summed E-state index contributed by atoms with van der Waals surface area (Å²) in [4.78, 5) is 5.29. The first kappa shape index (κ1) is 74.9. The molecule has 6 aliphatic heterocycles. The van der Waals surface area contributed by atoms with E-state index in [1.165, 1.54) is 62.3 Å². The molecule has 6 aromatic rings. The molecule has 1 unspecified atom stereocenters.